The third-order valence-electron chi connectivity index (χ3n) is 7.71. The third-order valence-corrected chi connectivity index (χ3v) is 7.71. The topological polar surface area (TPSA) is 40.5 Å². The van der Waals surface area contributed by atoms with Crippen LogP contribution in [0.1, 0.15) is 219 Å². The van der Waals surface area contributed by atoms with E-state index in [1.54, 1.807) is 0 Å². The molecular weight excluding hydrogens is 625 g/mol. The molecule has 252 valence electrons. The molecule has 2 N–H and O–H groups in total. The van der Waals surface area contributed by atoms with E-state index in [2.05, 4.69) is 51.8 Å². The number of thiol groups is 1. The fourth-order valence-electron chi connectivity index (χ4n) is 5.10. The SMILES string of the molecule is OP(O)(=S)S.[CH2-]CCCCCCCCCCCCCCCCC.[CH2-]CCCCCCCCCCCCCCCCC.[Zn+2]. The van der Waals surface area contributed by atoms with Gasteiger partial charge < -0.3 is 23.6 Å². The maximum atomic E-state index is 7.87. The van der Waals surface area contributed by atoms with Gasteiger partial charge in [0.1, 0.15) is 0 Å². The van der Waals surface area contributed by atoms with Gasteiger partial charge in [0.2, 0.25) is 5.69 Å². The van der Waals surface area contributed by atoms with E-state index in [0.717, 1.165) is 12.8 Å². The first-order valence-electron chi connectivity index (χ1n) is 18.2. The zero-order valence-electron chi connectivity index (χ0n) is 28.9. The van der Waals surface area contributed by atoms with Crippen LogP contribution in [0, 0.1) is 13.8 Å². The molecule has 0 unspecified atom stereocenters. The van der Waals surface area contributed by atoms with Crippen LogP contribution in [-0.4, -0.2) is 9.79 Å². The Morgan fingerprint density at radius 3 is 0.643 bits per heavy atom. The third kappa shape index (κ3) is 68.6. The molecule has 0 fully saturated rings. The van der Waals surface area contributed by atoms with E-state index in [0.29, 0.717) is 0 Å². The largest absolute Gasteiger partial charge is 2.00 e. The molecular formula is C36H77O2PS2Zn. The molecule has 0 aliphatic rings. The van der Waals surface area contributed by atoms with Crippen molar-refractivity contribution in [1.82, 2.24) is 0 Å². The van der Waals surface area contributed by atoms with Crippen LogP contribution in [0.4, 0.5) is 0 Å². The summed E-state index contributed by atoms with van der Waals surface area (Å²) in [5.41, 5.74) is -3.11. The first kappa shape index (κ1) is 50.4. The number of unbranched alkanes of at least 4 members (excludes halogenated alkanes) is 30. The molecule has 0 saturated heterocycles. The van der Waals surface area contributed by atoms with Crippen LogP contribution in [0.3, 0.4) is 0 Å². The summed E-state index contributed by atoms with van der Waals surface area (Å²) in [4.78, 5) is 15.7. The van der Waals surface area contributed by atoms with Gasteiger partial charge in [0, 0.05) is 0 Å². The minimum atomic E-state index is -3.11. The van der Waals surface area contributed by atoms with Gasteiger partial charge in [0.15, 0.2) is 0 Å². The van der Waals surface area contributed by atoms with Crippen molar-refractivity contribution in [3.8, 4) is 0 Å². The number of hydrogen-bond donors (Lipinski definition) is 3. The van der Waals surface area contributed by atoms with Crippen LogP contribution in [0.2, 0.25) is 0 Å². The van der Waals surface area contributed by atoms with Gasteiger partial charge in [-0.05, 0) is 11.8 Å². The van der Waals surface area contributed by atoms with Crippen LogP contribution in [0.5, 0.6) is 0 Å². The maximum Gasteiger partial charge on any atom is 2.00 e. The van der Waals surface area contributed by atoms with E-state index in [1.165, 1.54) is 193 Å². The van der Waals surface area contributed by atoms with E-state index in [4.69, 9.17) is 9.79 Å². The van der Waals surface area contributed by atoms with E-state index < -0.39 is 5.69 Å². The fraction of sp³-hybridized carbons (Fsp3) is 0.944. The first-order valence-corrected chi connectivity index (χ1v) is 22.1. The average Bonchev–Trinajstić information content (AvgIpc) is 2.93. The van der Waals surface area contributed by atoms with Crippen LogP contribution in [0.25, 0.3) is 0 Å². The molecule has 0 rings (SSSR count). The molecule has 0 spiro atoms. The molecule has 0 aliphatic carbocycles. The quantitative estimate of drug-likeness (QED) is 0.0229. The normalized spacial score (nSPS) is 10.8. The van der Waals surface area contributed by atoms with Crippen molar-refractivity contribution < 1.29 is 29.3 Å². The van der Waals surface area contributed by atoms with Gasteiger partial charge in [-0.2, -0.15) is 12.8 Å². The molecule has 0 atom stereocenters. The van der Waals surface area contributed by atoms with Gasteiger partial charge in [0.25, 0.3) is 0 Å². The molecule has 0 bridgehead atoms. The number of hydrogen-bond acceptors (Lipinski definition) is 1. The molecule has 0 amide bonds. The summed E-state index contributed by atoms with van der Waals surface area (Å²) in [6.45, 7) is 12.4. The van der Waals surface area contributed by atoms with Crippen molar-refractivity contribution in [1.29, 1.82) is 0 Å². The predicted octanol–water partition coefficient (Wildman–Crippen LogP) is 14.3. The van der Waals surface area contributed by atoms with Crippen LogP contribution in [0.15, 0.2) is 0 Å². The maximum absolute atomic E-state index is 7.87. The molecule has 0 saturated carbocycles. The van der Waals surface area contributed by atoms with Gasteiger partial charge in [-0.15, -0.1) is 0 Å². The second-order valence-corrected chi connectivity index (χ2v) is 17.2. The van der Waals surface area contributed by atoms with E-state index >= 15 is 0 Å². The van der Waals surface area contributed by atoms with Crippen LogP contribution >= 0.6 is 17.9 Å². The zero-order chi connectivity index (χ0) is 31.1. The summed E-state index contributed by atoms with van der Waals surface area (Å²) in [7, 11) is 0. The molecule has 0 heterocycles. The Bertz CT molecular complexity index is 405. The Morgan fingerprint density at radius 2 is 0.524 bits per heavy atom. The summed E-state index contributed by atoms with van der Waals surface area (Å²) in [6, 6.07) is 0. The van der Waals surface area contributed by atoms with Gasteiger partial charge in [0.05, 0.1) is 0 Å². The van der Waals surface area contributed by atoms with Crippen molar-refractivity contribution in [3.63, 3.8) is 0 Å². The Morgan fingerprint density at radius 1 is 0.405 bits per heavy atom. The first-order chi connectivity index (χ1) is 19.8. The number of rotatable bonds is 30. The monoisotopic (exact) mass is 700 g/mol. The van der Waals surface area contributed by atoms with Gasteiger partial charge in [-0.3, -0.25) is 0 Å². The minimum Gasteiger partial charge on any atom is -0.343 e. The van der Waals surface area contributed by atoms with Crippen molar-refractivity contribution in [2.75, 3.05) is 0 Å². The Hall–Kier alpha value is 1.54. The summed E-state index contributed by atoms with van der Waals surface area (Å²) in [5.74, 6) is 0. The van der Waals surface area contributed by atoms with Gasteiger partial charge >= 0.3 is 19.5 Å². The van der Waals surface area contributed by atoms with Crippen molar-refractivity contribution in [3.05, 3.63) is 13.8 Å². The second kappa shape index (κ2) is 47.0. The standard InChI is InChI=1S/2C18H37.H3O2PS2.Zn/c2*1-3-5-7-9-11-13-15-17-18-16-14-12-10-8-6-4-2;1-3(2,4)5;/h2*1,3-18H2,2H3;(H3,1,2,4,5);/q2*-1;;+2. The minimum absolute atomic E-state index is 0. The van der Waals surface area contributed by atoms with Crippen molar-refractivity contribution >= 4 is 29.7 Å². The Labute approximate surface area is 290 Å². The molecule has 0 aromatic heterocycles. The fourth-order valence-corrected chi connectivity index (χ4v) is 5.10. The van der Waals surface area contributed by atoms with Crippen molar-refractivity contribution in [2.24, 2.45) is 0 Å². The van der Waals surface area contributed by atoms with Crippen molar-refractivity contribution in [2.45, 2.75) is 219 Å². The van der Waals surface area contributed by atoms with Gasteiger partial charge in [-0.25, -0.2) is 0 Å². The second-order valence-electron chi connectivity index (χ2n) is 12.1. The summed E-state index contributed by atoms with van der Waals surface area (Å²) < 4.78 is 0. The smallest absolute Gasteiger partial charge is 0.343 e. The Balaban J connectivity index is -0.000000290. The summed E-state index contributed by atoms with van der Waals surface area (Å²) >= 11 is 7.07. The van der Waals surface area contributed by atoms with E-state index in [-0.39, 0.29) is 19.5 Å². The average molecular weight is 703 g/mol. The zero-order valence-corrected chi connectivity index (χ0v) is 34.5. The molecule has 0 aromatic rings. The molecule has 6 heteroatoms. The molecule has 0 radical (unpaired) electrons. The van der Waals surface area contributed by atoms with E-state index in [9.17, 15) is 0 Å². The molecule has 42 heavy (non-hydrogen) atoms. The molecule has 0 aliphatic heterocycles. The summed E-state index contributed by atoms with van der Waals surface area (Å²) in [5, 5.41) is 0. The van der Waals surface area contributed by atoms with Gasteiger partial charge in [-0.1, -0.05) is 219 Å². The van der Waals surface area contributed by atoms with Crippen LogP contribution < -0.4 is 0 Å². The Kier molecular flexibility index (Phi) is 56.3. The summed E-state index contributed by atoms with van der Waals surface area (Å²) in [6.07, 6.45) is 45.6. The van der Waals surface area contributed by atoms with E-state index in [1.807, 2.05) is 0 Å². The molecule has 2 nitrogen and oxygen atoms in total. The predicted molar refractivity (Wildman–Crippen MR) is 198 cm³/mol. The molecule has 0 aromatic carbocycles. The van der Waals surface area contributed by atoms with Crippen LogP contribution in [-0.2, 0) is 31.3 Å².